The fourth-order valence-corrected chi connectivity index (χ4v) is 3.90. The smallest absolute Gasteiger partial charge is 0.0613 e. The molecule has 0 aromatic carbocycles. The number of nitrogens with one attached hydrogen (secondary N) is 1. The van der Waals surface area contributed by atoms with E-state index in [2.05, 4.69) is 37.9 Å². The van der Waals surface area contributed by atoms with Crippen molar-refractivity contribution >= 4 is 0 Å². The zero-order chi connectivity index (χ0) is 13.8. The highest BCUT2D eigenvalue weighted by Gasteiger charge is 2.35. The fraction of sp³-hybridized carbons (Fsp3) is 1.00. The van der Waals surface area contributed by atoms with Crippen LogP contribution in [0.5, 0.6) is 0 Å². The standard InChI is InChI=1S/C16H32N2O/c1-5-16-14(8-10-19-16)11-18-9-7-15(17-6-2)12(3)13(18)4/h12-17H,5-11H2,1-4H3. The summed E-state index contributed by atoms with van der Waals surface area (Å²) in [5, 5.41) is 3.65. The molecule has 0 aromatic rings. The van der Waals surface area contributed by atoms with E-state index in [0.717, 1.165) is 25.0 Å². The molecule has 112 valence electrons. The highest BCUT2D eigenvalue weighted by molar-refractivity contribution is 4.90. The maximum Gasteiger partial charge on any atom is 0.0613 e. The second kappa shape index (κ2) is 7.05. The van der Waals surface area contributed by atoms with Crippen molar-refractivity contribution in [3.8, 4) is 0 Å². The van der Waals surface area contributed by atoms with Gasteiger partial charge in [0.25, 0.3) is 0 Å². The first-order valence-corrected chi connectivity index (χ1v) is 8.26. The minimum atomic E-state index is 0.508. The van der Waals surface area contributed by atoms with E-state index in [0.29, 0.717) is 18.2 Å². The lowest BCUT2D eigenvalue weighted by atomic mass is 9.85. The van der Waals surface area contributed by atoms with Crippen LogP contribution in [0, 0.1) is 11.8 Å². The van der Waals surface area contributed by atoms with Crippen LogP contribution in [-0.4, -0.2) is 49.3 Å². The van der Waals surface area contributed by atoms with E-state index >= 15 is 0 Å². The first-order valence-electron chi connectivity index (χ1n) is 8.26. The quantitative estimate of drug-likeness (QED) is 0.829. The number of likely N-dealkylation sites (tertiary alicyclic amines) is 1. The van der Waals surface area contributed by atoms with Gasteiger partial charge in [-0.2, -0.15) is 0 Å². The van der Waals surface area contributed by atoms with Crippen molar-refractivity contribution in [3.05, 3.63) is 0 Å². The van der Waals surface area contributed by atoms with Gasteiger partial charge in [-0.05, 0) is 51.1 Å². The van der Waals surface area contributed by atoms with Gasteiger partial charge in [-0.3, -0.25) is 4.90 Å². The van der Waals surface area contributed by atoms with Crippen molar-refractivity contribution in [2.24, 2.45) is 11.8 Å². The van der Waals surface area contributed by atoms with Crippen LogP contribution in [0.25, 0.3) is 0 Å². The van der Waals surface area contributed by atoms with Crippen LogP contribution in [0.3, 0.4) is 0 Å². The van der Waals surface area contributed by atoms with E-state index < -0.39 is 0 Å². The van der Waals surface area contributed by atoms with Crippen LogP contribution in [0.4, 0.5) is 0 Å². The molecule has 3 heteroatoms. The van der Waals surface area contributed by atoms with Gasteiger partial charge >= 0.3 is 0 Å². The van der Waals surface area contributed by atoms with Gasteiger partial charge in [-0.25, -0.2) is 0 Å². The molecule has 0 bridgehead atoms. The Morgan fingerprint density at radius 1 is 1.21 bits per heavy atom. The number of piperidine rings is 1. The second-order valence-corrected chi connectivity index (χ2v) is 6.41. The monoisotopic (exact) mass is 268 g/mol. The molecule has 2 fully saturated rings. The van der Waals surface area contributed by atoms with Crippen molar-refractivity contribution in [2.75, 3.05) is 26.2 Å². The summed E-state index contributed by atoms with van der Waals surface area (Å²) in [4.78, 5) is 2.71. The molecule has 2 aliphatic heterocycles. The minimum absolute atomic E-state index is 0.508. The Morgan fingerprint density at radius 3 is 2.68 bits per heavy atom. The van der Waals surface area contributed by atoms with E-state index in [4.69, 9.17) is 4.74 Å². The number of rotatable bonds is 5. The van der Waals surface area contributed by atoms with Crippen LogP contribution in [0.2, 0.25) is 0 Å². The first-order chi connectivity index (χ1) is 9.17. The molecule has 0 aromatic heterocycles. The number of nitrogens with zero attached hydrogens (tertiary/aromatic N) is 1. The lowest BCUT2D eigenvalue weighted by molar-refractivity contribution is 0.0406. The van der Waals surface area contributed by atoms with Crippen LogP contribution < -0.4 is 5.32 Å². The molecule has 2 heterocycles. The molecule has 0 spiro atoms. The van der Waals surface area contributed by atoms with Gasteiger partial charge in [0.05, 0.1) is 6.10 Å². The highest BCUT2D eigenvalue weighted by atomic mass is 16.5. The summed E-state index contributed by atoms with van der Waals surface area (Å²) in [6, 6.07) is 1.40. The number of hydrogen-bond acceptors (Lipinski definition) is 3. The van der Waals surface area contributed by atoms with E-state index in [1.54, 1.807) is 0 Å². The molecule has 3 nitrogen and oxygen atoms in total. The zero-order valence-corrected chi connectivity index (χ0v) is 13.2. The third-order valence-corrected chi connectivity index (χ3v) is 5.38. The van der Waals surface area contributed by atoms with Crippen molar-refractivity contribution in [3.63, 3.8) is 0 Å². The summed E-state index contributed by atoms with van der Waals surface area (Å²) < 4.78 is 5.84. The van der Waals surface area contributed by atoms with Crippen molar-refractivity contribution in [1.82, 2.24) is 10.2 Å². The molecule has 2 aliphatic rings. The van der Waals surface area contributed by atoms with Crippen molar-refractivity contribution in [1.29, 1.82) is 0 Å². The Kier molecular flexibility index (Phi) is 5.67. The van der Waals surface area contributed by atoms with Crippen molar-refractivity contribution < 1.29 is 4.74 Å². The van der Waals surface area contributed by atoms with Gasteiger partial charge in [-0.1, -0.05) is 20.8 Å². The summed E-state index contributed by atoms with van der Waals surface area (Å²) >= 11 is 0. The van der Waals surface area contributed by atoms with Crippen LogP contribution in [0.15, 0.2) is 0 Å². The van der Waals surface area contributed by atoms with E-state index in [9.17, 15) is 0 Å². The maximum absolute atomic E-state index is 5.84. The number of hydrogen-bond donors (Lipinski definition) is 1. The average Bonchev–Trinajstić information content (AvgIpc) is 2.86. The number of ether oxygens (including phenoxy) is 1. The molecule has 2 rings (SSSR count). The van der Waals surface area contributed by atoms with Crippen LogP contribution in [0.1, 0.15) is 47.0 Å². The third-order valence-electron chi connectivity index (χ3n) is 5.38. The Bertz CT molecular complexity index is 271. The summed E-state index contributed by atoms with van der Waals surface area (Å²) in [7, 11) is 0. The molecule has 0 amide bonds. The molecule has 19 heavy (non-hydrogen) atoms. The van der Waals surface area contributed by atoms with Gasteiger partial charge in [0.1, 0.15) is 0 Å². The predicted octanol–water partition coefficient (Wildman–Crippen LogP) is 2.51. The second-order valence-electron chi connectivity index (χ2n) is 6.41. The van der Waals surface area contributed by atoms with Crippen molar-refractivity contribution in [2.45, 2.75) is 65.1 Å². The largest absolute Gasteiger partial charge is 0.378 e. The van der Waals surface area contributed by atoms with Crippen LogP contribution >= 0.6 is 0 Å². The van der Waals surface area contributed by atoms with Gasteiger partial charge in [0, 0.05) is 25.2 Å². The molecular formula is C16H32N2O. The molecule has 2 saturated heterocycles. The predicted molar refractivity (Wildman–Crippen MR) is 80.4 cm³/mol. The highest BCUT2D eigenvalue weighted by Crippen LogP contribution is 2.29. The molecule has 1 N–H and O–H groups in total. The Hall–Kier alpha value is -0.120. The summed E-state index contributed by atoms with van der Waals surface area (Å²) in [5.41, 5.74) is 0. The molecular weight excluding hydrogens is 236 g/mol. The average molecular weight is 268 g/mol. The first kappa shape index (κ1) is 15.3. The zero-order valence-electron chi connectivity index (χ0n) is 13.2. The Labute approximate surface area is 119 Å². The molecule has 5 atom stereocenters. The van der Waals surface area contributed by atoms with Gasteiger partial charge in [0.15, 0.2) is 0 Å². The molecule has 5 unspecified atom stereocenters. The normalized spacial score (nSPS) is 40.7. The Morgan fingerprint density at radius 2 is 2.00 bits per heavy atom. The molecule has 0 radical (unpaired) electrons. The van der Waals surface area contributed by atoms with Gasteiger partial charge in [-0.15, -0.1) is 0 Å². The van der Waals surface area contributed by atoms with E-state index in [1.165, 1.54) is 32.4 Å². The SMILES string of the molecule is CCNC1CCN(CC2CCOC2CC)C(C)C1C. The van der Waals surface area contributed by atoms with E-state index in [1.807, 2.05) is 0 Å². The Balaban J connectivity index is 1.88. The minimum Gasteiger partial charge on any atom is -0.378 e. The fourth-order valence-electron chi connectivity index (χ4n) is 3.90. The molecule has 0 saturated carbocycles. The lowest BCUT2D eigenvalue weighted by Crippen LogP contribution is -2.54. The van der Waals surface area contributed by atoms with E-state index in [-0.39, 0.29) is 0 Å². The van der Waals surface area contributed by atoms with Gasteiger partial charge < -0.3 is 10.1 Å². The lowest BCUT2D eigenvalue weighted by Gasteiger charge is -2.44. The summed E-state index contributed by atoms with van der Waals surface area (Å²) in [5.74, 6) is 1.51. The third kappa shape index (κ3) is 3.50. The van der Waals surface area contributed by atoms with Gasteiger partial charge in [0.2, 0.25) is 0 Å². The summed E-state index contributed by atoms with van der Waals surface area (Å²) in [6.45, 7) is 13.8. The van der Waals surface area contributed by atoms with Crippen LogP contribution in [-0.2, 0) is 4.74 Å². The molecule has 0 aliphatic carbocycles. The maximum atomic E-state index is 5.84. The summed E-state index contributed by atoms with van der Waals surface area (Å²) in [6.07, 6.45) is 4.23. The topological polar surface area (TPSA) is 24.5 Å².